The summed E-state index contributed by atoms with van der Waals surface area (Å²) in [4.78, 5) is 51.7. The van der Waals surface area contributed by atoms with Crippen molar-refractivity contribution in [3.63, 3.8) is 0 Å². The normalized spacial score (nSPS) is 27.6. The molecule has 636 valence electrons. The lowest BCUT2D eigenvalue weighted by molar-refractivity contribution is -0.158. The van der Waals surface area contributed by atoms with Crippen LogP contribution in [0.25, 0.3) is 0 Å². The van der Waals surface area contributed by atoms with Gasteiger partial charge in [-0.25, -0.2) is 14.4 Å². The first kappa shape index (κ1) is 84.4. The van der Waals surface area contributed by atoms with Crippen molar-refractivity contribution < 1.29 is 96.0 Å². The second-order valence-electron chi connectivity index (χ2n) is 33.2. The number of methoxy groups -OCH3 is 4. The highest BCUT2D eigenvalue weighted by molar-refractivity contribution is 7.99. The molecule has 8 bridgehead atoms. The lowest BCUT2D eigenvalue weighted by atomic mass is 9.71. The van der Waals surface area contributed by atoms with Crippen molar-refractivity contribution in [1.82, 2.24) is 30.2 Å². The number of rotatable bonds is 11. The van der Waals surface area contributed by atoms with Crippen LogP contribution in [0.4, 0.5) is 4.79 Å². The first-order valence-electron chi connectivity index (χ1n) is 40.1. The monoisotopic (exact) mass is 1670 g/mol. The number of benzene rings is 6. The van der Waals surface area contributed by atoms with E-state index < -0.39 is 87.6 Å². The molecule has 2 unspecified atom stereocenters. The minimum absolute atomic E-state index is 0. The molecule has 6 aromatic rings. The van der Waals surface area contributed by atoms with Gasteiger partial charge in [-0.1, -0.05) is 40.8 Å². The molecule has 30 heteroatoms. The smallest absolute Gasteiger partial charge is 0.504 e. The molecule has 4 fully saturated rings. The Kier molecular flexibility index (Phi) is 22.7. The summed E-state index contributed by atoms with van der Waals surface area (Å²) in [7, 11) is 10.2. The summed E-state index contributed by atoms with van der Waals surface area (Å²) in [6, 6.07) is 11.7. The van der Waals surface area contributed by atoms with E-state index in [0.717, 1.165) is 90.7 Å². The van der Waals surface area contributed by atoms with Gasteiger partial charge < -0.3 is 81.6 Å². The summed E-state index contributed by atoms with van der Waals surface area (Å²) in [5.74, 6) is 4.89. The molecular weight excluding hydrogens is 1570 g/mol. The average Bonchev–Trinajstić information content (AvgIpc) is 1.59. The van der Waals surface area contributed by atoms with Crippen LogP contribution < -0.4 is 62.7 Å². The third-order valence-electron chi connectivity index (χ3n) is 25.8. The number of carbonyl (C=O) groups is 3. The van der Waals surface area contributed by atoms with Crippen LogP contribution in [0.2, 0.25) is 0 Å². The van der Waals surface area contributed by atoms with E-state index in [2.05, 4.69) is 68.4 Å². The molecule has 6 aromatic carbocycles. The van der Waals surface area contributed by atoms with Crippen LogP contribution in [0.1, 0.15) is 186 Å². The van der Waals surface area contributed by atoms with E-state index in [1.807, 2.05) is 41.8 Å². The van der Waals surface area contributed by atoms with E-state index >= 15 is 4.79 Å². The second kappa shape index (κ2) is 32.1. The summed E-state index contributed by atoms with van der Waals surface area (Å²) >= 11 is 3.17. The molecule has 14 heterocycles. The van der Waals surface area contributed by atoms with Gasteiger partial charge in [0.05, 0.1) is 88.5 Å². The number of hydrogen-bond acceptors (Lipinski definition) is 30. The minimum atomic E-state index is -1.38. The highest BCUT2D eigenvalue weighted by Crippen LogP contribution is 2.68. The maximum absolute atomic E-state index is 15.1. The first-order valence-corrected chi connectivity index (χ1v) is 42.2. The molecule has 5 N–H and O–H groups in total. The Balaban J connectivity index is 0.000000184. The molecule has 2 spiro atoms. The summed E-state index contributed by atoms with van der Waals surface area (Å²) in [5.41, 5.74) is 9.69. The number of nitriles is 2. The predicted molar refractivity (Wildman–Crippen MR) is 444 cm³/mol. The molecule has 20 rings (SSSR count). The zero-order valence-electron chi connectivity index (χ0n) is 68.5. The van der Waals surface area contributed by atoms with Gasteiger partial charge in [-0.3, -0.25) is 30.2 Å². The van der Waals surface area contributed by atoms with E-state index in [9.17, 15) is 35.4 Å². The Bertz CT molecular complexity index is 5180. The number of phenolic OH excluding ortho intramolecular Hbond substituents is 3. The fourth-order valence-corrected chi connectivity index (χ4v) is 24.4. The fourth-order valence-electron chi connectivity index (χ4n) is 21.0. The largest absolute Gasteiger partial charge is 0.514 e. The number of aryl methyl sites for hydroxylation is 2. The van der Waals surface area contributed by atoms with E-state index in [1.165, 1.54) is 14.2 Å². The number of nitrogens with zero attached hydrogens (tertiary/aromatic N) is 6. The van der Waals surface area contributed by atoms with Crippen molar-refractivity contribution in [2.75, 3.05) is 107 Å². The molecule has 14 aliphatic heterocycles. The summed E-state index contributed by atoms with van der Waals surface area (Å²) in [6.07, 6.45) is 2.84. The molecule has 0 aromatic heterocycles. The van der Waals surface area contributed by atoms with Crippen molar-refractivity contribution in [2.24, 2.45) is 0 Å². The highest BCUT2D eigenvalue weighted by Gasteiger charge is 2.65. The van der Waals surface area contributed by atoms with Gasteiger partial charge in [0.2, 0.25) is 13.6 Å². The number of thioether (sulfide) groups is 2. The number of likely N-dealkylation sites (N-methyl/N-ethyl adjacent to an activating group) is 2. The Labute approximate surface area is 703 Å². The zero-order valence-corrected chi connectivity index (χ0v) is 70.1. The van der Waals surface area contributed by atoms with E-state index in [4.69, 9.17) is 66.3 Å². The van der Waals surface area contributed by atoms with Gasteiger partial charge in [0, 0.05) is 93.3 Å². The summed E-state index contributed by atoms with van der Waals surface area (Å²) < 4.78 is 85.6. The first-order chi connectivity index (χ1) is 56.3. The van der Waals surface area contributed by atoms with Crippen molar-refractivity contribution in [3.8, 4) is 92.6 Å². The number of fused-ring (bicyclic) bond motifs is 18. The standard InChI is InChI=1S/C46H54N4O11S.C41H46N4O9S.2CH4/c1-10-13-56-39-23(3)40-41(59-21-58-40)33-29-19-57-43(52)46(26-17-30(54-8)31(16-24(26)11-12-48-46)60-44(53)61-45(4,5)6)20-62-42(34(33)39)36-35-32-25(14-22(2)38(55-9)37(32)51)15-27(49(35)7)28(18-47)50(29)36;1-7-10-51-36-20(3)37-38(54-18-53-37)30-26-16-52-40(48)41(23-14-28(49-5)27(46)13-21(23)8-9-43-41)17-55-39(31(30)36)33-32-29-22(11-19(2)35(50-6)34(29)47)12-24(44(32)4)25(15-42)45(26)33;;/h14,16-17,27-29,35-36,42,48,51H,10-13,15,19-21H2,1-9H3;11,13-14,24-26,32-33,39,43,46-47H,7-10,12,16-18H2,1-6H3;2*1H4/t27-,28-,29-,35+,36?,42+,46+;24-,25-,26-,32+,33?,39+,41+;;/m00../s1. The van der Waals surface area contributed by atoms with E-state index in [1.54, 1.807) is 82.8 Å². The molecule has 0 aliphatic carbocycles. The van der Waals surface area contributed by atoms with E-state index in [0.29, 0.717) is 109 Å². The molecule has 28 nitrogen and oxygen atoms in total. The van der Waals surface area contributed by atoms with Crippen molar-refractivity contribution in [2.45, 2.75) is 203 Å². The predicted octanol–water partition coefficient (Wildman–Crippen LogP) is 12.6. The molecule has 0 saturated carbocycles. The summed E-state index contributed by atoms with van der Waals surface area (Å²) in [6.45, 7) is 18.9. The number of carbonyl (C=O) groups excluding carboxylic acids is 3. The maximum Gasteiger partial charge on any atom is 0.514 e. The van der Waals surface area contributed by atoms with Crippen LogP contribution in [-0.4, -0.2) is 202 Å². The second-order valence-corrected chi connectivity index (χ2v) is 35.5. The molecule has 0 amide bonds. The molecule has 119 heavy (non-hydrogen) atoms. The molecule has 14 atom stereocenters. The zero-order chi connectivity index (χ0) is 82.5. The van der Waals surface area contributed by atoms with Crippen LogP contribution in [0.3, 0.4) is 0 Å². The van der Waals surface area contributed by atoms with Gasteiger partial charge in [-0.15, -0.1) is 23.5 Å². The van der Waals surface area contributed by atoms with Gasteiger partial charge >= 0.3 is 18.1 Å². The van der Waals surface area contributed by atoms with Crippen molar-refractivity contribution in [3.05, 3.63) is 125 Å². The van der Waals surface area contributed by atoms with E-state index in [-0.39, 0.29) is 106 Å². The molecular formula is C89H108N8O20S2. The SMILES string of the molecule is C.C.CCCOc1c(C)c2c(c3c1[C@H]1SC[C@]4(NCCc5cc(O)c(OC)cc54)C(=O)OC[C@@H]3N3C1[C@H]1c4c(cc(C)c(OC)c4O)C[C@@H]([C@@H]3C#N)N1C)OCO2.CCCOc1c(C)c2c(c3c1[C@H]1SC[C@]4(NCCc5cc(OC(=O)OC(C)(C)C)c(OC)cc54)C(=O)OC[C@@H]3N3C1[C@H]1c4c(cc(C)c(OC)c4O)C[C@@H]([C@@H]3C#N)N1C)OCO2. The van der Waals surface area contributed by atoms with Gasteiger partial charge in [-0.05, 0) is 170 Å². The van der Waals surface area contributed by atoms with Crippen LogP contribution in [-0.2, 0) is 60.6 Å². The highest BCUT2D eigenvalue weighted by atomic mass is 32.2. The quantitative estimate of drug-likeness (QED) is 0.0457. The van der Waals surface area contributed by atoms with Gasteiger partial charge in [0.1, 0.15) is 42.4 Å². The molecule has 14 aliphatic rings. The number of phenols is 3. The van der Waals surface area contributed by atoms with Gasteiger partial charge in [0.25, 0.3) is 0 Å². The van der Waals surface area contributed by atoms with Crippen LogP contribution >= 0.6 is 23.5 Å². The topological polar surface area (TPSA) is 326 Å². The number of hydrogen-bond donors (Lipinski definition) is 5. The minimum Gasteiger partial charge on any atom is -0.504 e. The van der Waals surface area contributed by atoms with Crippen LogP contribution in [0.5, 0.6) is 80.5 Å². The number of nitrogens with one attached hydrogen (secondary N) is 2. The lowest BCUT2D eigenvalue weighted by Gasteiger charge is -2.62. The number of aromatic hydroxyl groups is 3. The van der Waals surface area contributed by atoms with Crippen LogP contribution in [0.15, 0.2) is 36.4 Å². The van der Waals surface area contributed by atoms with Crippen LogP contribution in [0, 0.1) is 50.4 Å². The Hall–Kier alpha value is -9.63. The number of ether oxygens (including phenoxy) is 14. The van der Waals surface area contributed by atoms with Gasteiger partial charge in [-0.2, -0.15) is 10.5 Å². The summed E-state index contributed by atoms with van der Waals surface area (Å²) in [5, 5.41) is 63.8. The Morgan fingerprint density at radius 3 is 1.40 bits per heavy atom. The molecule has 0 radical (unpaired) electrons. The third-order valence-corrected chi connectivity index (χ3v) is 28.8. The Morgan fingerprint density at radius 2 is 0.992 bits per heavy atom. The third kappa shape index (κ3) is 13.0. The van der Waals surface area contributed by atoms with Crippen molar-refractivity contribution in [1.29, 1.82) is 10.5 Å². The maximum atomic E-state index is 15.1. The lowest BCUT2D eigenvalue weighted by Crippen LogP contribution is -2.69. The number of esters is 2. The average molecular weight is 1670 g/mol. The Morgan fingerprint density at radius 1 is 0.563 bits per heavy atom. The number of piperazine rings is 2. The van der Waals surface area contributed by atoms with Gasteiger partial charge in [0.15, 0.2) is 80.1 Å². The fraction of sp³-hybridized carbons (Fsp3) is 0.539. The van der Waals surface area contributed by atoms with Crippen molar-refractivity contribution >= 4 is 41.6 Å². The molecule has 4 saturated heterocycles.